The fraction of sp³-hybridized carbons (Fsp3) is 0.231. The summed E-state index contributed by atoms with van der Waals surface area (Å²) in [5.41, 5.74) is 0.626. The van der Waals surface area contributed by atoms with E-state index < -0.39 is 11.6 Å². The number of carbonyl (C=O) groups is 2. The van der Waals surface area contributed by atoms with Crippen molar-refractivity contribution in [2.75, 3.05) is 46.0 Å². The minimum absolute atomic E-state index is 0.0470. The number of rotatable bonds is 12. The summed E-state index contributed by atoms with van der Waals surface area (Å²) in [6.07, 6.45) is 3.69. The third-order valence-electron chi connectivity index (χ3n) is 5.12. The zero-order valence-corrected chi connectivity index (χ0v) is 19.9. The van der Waals surface area contributed by atoms with Gasteiger partial charge in [-0.1, -0.05) is 18.2 Å². The summed E-state index contributed by atoms with van der Waals surface area (Å²) in [7, 11) is 3.10. The minimum atomic E-state index is -0.443. The van der Waals surface area contributed by atoms with Gasteiger partial charge < -0.3 is 29.0 Å². The number of ether oxygens (including phenoxy) is 5. The highest BCUT2D eigenvalue weighted by Crippen LogP contribution is 2.34. The van der Waals surface area contributed by atoms with Gasteiger partial charge in [-0.2, -0.15) is 0 Å². The highest BCUT2D eigenvalue weighted by molar-refractivity contribution is 6.20. The van der Waals surface area contributed by atoms with Crippen molar-refractivity contribution in [1.82, 2.24) is 9.97 Å². The first-order chi connectivity index (χ1) is 17.6. The van der Waals surface area contributed by atoms with Crippen molar-refractivity contribution in [3.63, 3.8) is 0 Å². The van der Waals surface area contributed by atoms with E-state index >= 15 is 0 Å². The molecule has 0 bridgehead atoms. The lowest BCUT2D eigenvalue weighted by molar-refractivity contribution is -0.117. The van der Waals surface area contributed by atoms with Gasteiger partial charge in [0.25, 0.3) is 0 Å². The highest BCUT2D eigenvalue weighted by atomic mass is 16.5. The Morgan fingerprint density at radius 3 is 2.36 bits per heavy atom. The van der Waals surface area contributed by atoms with Crippen LogP contribution in [0.15, 0.2) is 72.4 Å². The standard InChI is InChI=1S/C26H25N3O7/c1-32-8-9-36-25-14-19-18(12-24(25)33-2)26(28-16-27-19)29-20-13-22(31)23(15-21(20)30)35-11-10-34-17-6-4-3-5-7-17/h3-7,12-16H,8-11H2,1-2H3,(H,27,28,29). The van der Waals surface area contributed by atoms with E-state index in [1.54, 1.807) is 19.2 Å². The van der Waals surface area contributed by atoms with Gasteiger partial charge in [0, 0.05) is 30.7 Å². The van der Waals surface area contributed by atoms with Crippen LogP contribution in [0.2, 0.25) is 0 Å². The number of methoxy groups -OCH3 is 2. The fourth-order valence-electron chi connectivity index (χ4n) is 3.38. The number of hydrogen-bond donors (Lipinski definition) is 1. The van der Waals surface area contributed by atoms with Crippen LogP contribution in [0.3, 0.4) is 0 Å². The lowest BCUT2D eigenvalue weighted by atomic mass is 10.1. The quantitative estimate of drug-likeness (QED) is 0.299. The molecule has 1 aromatic heterocycles. The van der Waals surface area contributed by atoms with Crippen LogP contribution in [0.25, 0.3) is 10.9 Å². The minimum Gasteiger partial charge on any atom is -0.493 e. The maximum atomic E-state index is 12.7. The molecule has 1 N–H and O–H groups in total. The predicted molar refractivity (Wildman–Crippen MR) is 131 cm³/mol. The Morgan fingerprint density at radius 1 is 0.806 bits per heavy atom. The summed E-state index contributed by atoms with van der Waals surface area (Å²) in [6, 6.07) is 12.6. The van der Waals surface area contributed by atoms with Gasteiger partial charge in [0.1, 0.15) is 37.7 Å². The molecule has 0 amide bonds. The van der Waals surface area contributed by atoms with Gasteiger partial charge in [0.15, 0.2) is 17.3 Å². The van der Waals surface area contributed by atoms with Crippen LogP contribution >= 0.6 is 0 Å². The van der Waals surface area contributed by atoms with Crippen LogP contribution in [0.1, 0.15) is 0 Å². The molecule has 1 aliphatic rings. The number of anilines is 1. The van der Waals surface area contributed by atoms with Gasteiger partial charge in [-0.25, -0.2) is 9.97 Å². The number of hydrogen-bond acceptors (Lipinski definition) is 10. The second kappa shape index (κ2) is 11.8. The topological polar surface area (TPSA) is 118 Å². The predicted octanol–water partition coefficient (Wildman–Crippen LogP) is 3.09. The van der Waals surface area contributed by atoms with E-state index in [0.29, 0.717) is 47.2 Å². The number of nitrogens with one attached hydrogen (secondary N) is 1. The van der Waals surface area contributed by atoms with Gasteiger partial charge in [-0.3, -0.25) is 9.59 Å². The summed E-state index contributed by atoms with van der Waals surface area (Å²) < 4.78 is 27.2. The van der Waals surface area contributed by atoms with Crippen molar-refractivity contribution in [2.24, 2.45) is 0 Å². The van der Waals surface area contributed by atoms with Crippen molar-refractivity contribution in [3.8, 4) is 17.2 Å². The van der Waals surface area contributed by atoms with Gasteiger partial charge >= 0.3 is 0 Å². The second-order valence-corrected chi connectivity index (χ2v) is 7.51. The molecule has 0 fully saturated rings. The largest absolute Gasteiger partial charge is 0.493 e. The number of ketones is 2. The Labute approximate surface area is 207 Å². The normalized spacial score (nSPS) is 13.2. The number of para-hydroxylation sites is 1. The average molecular weight is 492 g/mol. The van der Waals surface area contributed by atoms with Crippen molar-refractivity contribution < 1.29 is 33.3 Å². The molecule has 10 nitrogen and oxygen atoms in total. The average Bonchev–Trinajstić information content (AvgIpc) is 2.89. The maximum Gasteiger partial charge on any atom is 0.222 e. The number of carbonyl (C=O) groups excluding carboxylic acids is 2. The molecule has 3 aromatic rings. The van der Waals surface area contributed by atoms with E-state index in [2.05, 4.69) is 15.3 Å². The second-order valence-electron chi connectivity index (χ2n) is 7.51. The first-order valence-electron chi connectivity index (χ1n) is 11.1. The van der Waals surface area contributed by atoms with Crippen molar-refractivity contribution in [3.05, 3.63) is 72.4 Å². The highest BCUT2D eigenvalue weighted by Gasteiger charge is 2.23. The number of aromatic nitrogens is 2. The first kappa shape index (κ1) is 24.7. The van der Waals surface area contributed by atoms with Gasteiger partial charge in [-0.15, -0.1) is 0 Å². The summed E-state index contributed by atoms with van der Waals surface area (Å²) in [5.74, 6) is 1.07. The molecular weight excluding hydrogens is 466 g/mol. The molecule has 0 aliphatic heterocycles. The third kappa shape index (κ3) is 5.97. The van der Waals surface area contributed by atoms with Gasteiger partial charge in [0.05, 0.1) is 24.9 Å². The van der Waals surface area contributed by atoms with Crippen molar-refractivity contribution >= 4 is 28.3 Å². The van der Waals surface area contributed by atoms with Gasteiger partial charge in [0.2, 0.25) is 11.6 Å². The van der Waals surface area contributed by atoms with E-state index in [1.807, 2.05) is 30.3 Å². The lowest BCUT2D eigenvalue weighted by Crippen LogP contribution is -2.21. The van der Waals surface area contributed by atoms with E-state index in [9.17, 15) is 9.59 Å². The fourth-order valence-corrected chi connectivity index (χ4v) is 3.38. The van der Waals surface area contributed by atoms with Crippen LogP contribution in [-0.4, -0.2) is 62.2 Å². The third-order valence-corrected chi connectivity index (χ3v) is 5.12. The molecule has 0 saturated carbocycles. The maximum absolute atomic E-state index is 12.7. The molecule has 186 valence electrons. The lowest BCUT2D eigenvalue weighted by Gasteiger charge is -2.16. The Morgan fingerprint density at radius 2 is 1.58 bits per heavy atom. The molecule has 36 heavy (non-hydrogen) atoms. The smallest absolute Gasteiger partial charge is 0.222 e. The Balaban J connectivity index is 1.43. The molecule has 10 heteroatoms. The van der Waals surface area contributed by atoms with E-state index in [-0.39, 0.29) is 24.7 Å². The molecule has 2 aromatic carbocycles. The zero-order chi connectivity index (χ0) is 25.3. The molecule has 0 spiro atoms. The van der Waals surface area contributed by atoms with E-state index in [1.165, 1.54) is 19.5 Å². The van der Waals surface area contributed by atoms with Crippen LogP contribution in [0.5, 0.6) is 17.2 Å². The Bertz CT molecular complexity index is 1310. The molecule has 4 rings (SSSR count). The van der Waals surface area contributed by atoms with Crippen LogP contribution in [0, 0.1) is 0 Å². The van der Waals surface area contributed by atoms with Crippen molar-refractivity contribution in [2.45, 2.75) is 0 Å². The molecule has 0 atom stereocenters. The summed E-state index contributed by atoms with van der Waals surface area (Å²) in [4.78, 5) is 33.8. The monoisotopic (exact) mass is 491 g/mol. The van der Waals surface area contributed by atoms with Gasteiger partial charge in [-0.05, 0) is 18.2 Å². The van der Waals surface area contributed by atoms with Crippen LogP contribution < -0.4 is 19.5 Å². The summed E-state index contributed by atoms with van der Waals surface area (Å²) in [5, 5.41) is 3.52. The van der Waals surface area contributed by atoms with E-state index in [4.69, 9.17) is 23.7 Å². The zero-order valence-electron chi connectivity index (χ0n) is 19.9. The summed E-state index contributed by atoms with van der Waals surface area (Å²) >= 11 is 0. The van der Waals surface area contributed by atoms with Crippen LogP contribution in [-0.2, 0) is 19.1 Å². The SMILES string of the molecule is COCCOc1cc2ncnc(NC3=CC(=O)C(OCCOc4ccccc4)=CC3=O)c2cc1OC. The van der Waals surface area contributed by atoms with E-state index in [0.717, 1.165) is 6.08 Å². The number of fused-ring (bicyclic) bond motifs is 1. The number of benzene rings is 2. The molecule has 0 saturated heterocycles. The Hall–Kier alpha value is -4.44. The van der Waals surface area contributed by atoms with Crippen molar-refractivity contribution in [1.29, 1.82) is 0 Å². The number of allylic oxidation sites excluding steroid dienone is 2. The summed E-state index contributed by atoms with van der Waals surface area (Å²) in [6.45, 7) is 1.10. The molecular formula is C26H25N3O7. The van der Waals surface area contributed by atoms with Crippen LogP contribution in [0.4, 0.5) is 5.82 Å². The Kier molecular flexibility index (Phi) is 8.09. The molecule has 1 aliphatic carbocycles. The first-order valence-corrected chi connectivity index (χ1v) is 11.1. The number of nitrogens with zero attached hydrogens (tertiary/aromatic N) is 2. The molecule has 1 heterocycles. The molecule has 0 unspecified atom stereocenters. The molecule has 0 radical (unpaired) electrons.